The Bertz CT molecular complexity index is 760. The average molecular weight is 310 g/mol. The maximum Gasteiger partial charge on any atom is 0.337 e. The van der Waals surface area contributed by atoms with Gasteiger partial charge in [0.1, 0.15) is 5.82 Å². The van der Waals surface area contributed by atoms with Gasteiger partial charge in [-0.3, -0.25) is 0 Å². The van der Waals surface area contributed by atoms with Crippen molar-refractivity contribution in [1.29, 1.82) is 0 Å². The van der Waals surface area contributed by atoms with Crippen molar-refractivity contribution in [2.45, 2.75) is 11.6 Å². The van der Waals surface area contributed by atoms with Crippen LogP contribution in [-0.2, 0) is 16.6 Å². The molecule has 0 amide bonds. The van der Waals surface area contributed by atoms with Gasteiger partial charge >= 0.3 is 5.97 Å². The first-order chi connectivity index (χ1) is 9.88. The molecule has 0 saturated heterocycles. The molecule has 0 aliphatic rings. The summed E-state index contributed by atoms with van der Waals surface area (Å²) in [6.07, 6.45) is 0.957. The highest BCUT2D eigenvalue weighted by Gasteiger charge is 2.16. The lowest BCUT2D eigenvalue weighted by molar-refractivity contribution is 0.0696. The summed E-state index contributed by atoms with van der Waals surface area (Å²) in [6, 6.07) is 7.75. The predicted octanol–water partition coefficient (Wildman–Crippen LogP) is 1.40. The van der Waals surface area contributed by atoms with Crippen molar-refractivity contribution in [2.24, 2.45) is 0 Å². The van der Waals surface area contributed by atoms with Gasteiger partial charge in [0.2, 0.25) is 0 Å². The highest BCUT2D eigenvalue weighted by Crippen LogP contribution is 2.09. The summed E-state index contributed by atoms with van der Waals surface area (Å²) >= 11 is 0. The Balaban J connectivity index is 2.13. The standard InChI is InChI=1S/C13H11FN2O4S/c14-11-3-1-2-9(6-11)7-16-21(19,20)12-5-4-10(8-15-12)13(17)18/h1-6,8,16H,7H2,(H,17,18). The lowest BCUT2D eigenvalue weighted by Gasteiger charge is -2.06. The molecule has 110 valence electrons. The monoisotopic (exact) mass is 310 g/mol. The summed E-state index contributed by atoms with van der Waals surface area (Å²) in [6.45, 7) is -0.0948. The summed E-state index contributed by atoms with van der Waals surface area (Å²) in [4.78, 5) is 14.3. The second-order valence-corrected chi connectivity index (χ2v) is 5.86. The zero-order valence-corrected chi connectivity index (χ0v) is 11.5. The van der Waals surface area contributed by atoms with Crippen molar-refractivity contribution in [2.75, 3.05) is 0 Å². The van der Waals surface area contributed by atoms with Crippen LogP contribution in [-0.4, -0.2) is 24.5 Å². The second-order valence-electron chi connectivity index (χ2n) is 4.14. The van der Waals surface area contributed by atoms with Gasteiger partial charge in [0, 0.05) is 12.7 Å². The van der Waals surface area contributed by atoms with Gasteiger partial charge < -0.3 is 5.11 Å². The number of sulfonamides is 1. The van der Waals surface area contributed by atoms with E-state index in [1.165, 1.54) is 18.2 Å². The predicted molar refractivity (Wildman–Crippen MR) is 71.6 cm³/mol. The van der Waals surface area contributed by atoms with Crippen LogP contribution in [0.2, 0.25) is 0 Å². The van der Waals surface area contributed by atoms with Crippen LogP contribution < -0.4 is 4.72 Å². The van der Waals surface area contributed by atoms with Crippen LogP contribution in [0.15, 0.2) is 47.6 Å². The first kappa shape index (κ1) is 15.1. The number of halogens is 1. The summed E-state index contributed by atoms with van der Waals surface area (Å²) in [5.74, 6) is -1.66. The van der Waals surface area contributed by atoms with Crippen molar-refractivity contribution in [3.8, 4) is 0 Å². The minimum Gasteiger partial charge on any atom is -0.478 e. The number of pyridine rings is 1. The van der Waals surface area contributed by atoms with Crippen LogP contribution in [0.3, 0.4) is 0 Å². The fourth-order valence-corrected chi connectivity index (χ4v) is 2.51. The van der Waals surface area contributed by atoms with Crippen LogP contribution in [0.5, 0.6) is 0 Å². The van der Waals surface area contributed by atoms with Gasteiger partial charge in [0.15, 0.2) is 5.03 Å². The SMILES string of the molecule is O=C(O)c1ccc(S(=O)(=O)NCc2cccc(F)c2)nc1. The Morgan fingerprint density at radius 2 is 2.05 bits per heavy atom. The third kappa shape index (κ3) is 3.83. The van der Waals surface area contributed by atoms with Gasteiger partial charge in [0.05, 0.1) is 5.56 Å². The van der Waals surface area contributed by atoms with E-state index < -0.39 is 21.8 Å². The Morgan fingerprint density at radius 3 is 2.62 bits per heavy atom. The molecule has 1 heterocycles. The molecule has 0 atom stereocenters. The van der Waals surface area contributed by atoms with Crippen molar-refractivity contribution >= 4 is 16.0 Å². The van der Waals surface area contributed by atoms with Crippen molar-refractivity contribution in [3.05, 3.63) is 59.5 Å². The third-order valence-electron chi connectivity index (χ3n) is 2.61. The number of nitrogens with zero attached hydrogens (tertiary/aromatic N) is 1. The second kappa shape index (κ2) is 5.98. The summed E-state index contributed by atoms with van der Waals surface area (Å²) < 4.78 is 39.2. The van der Waals surface area contributed by atoms with E-state index in [1.807, 2.05) is 0 Å². The van der Waals surface area contributed by atoms with Crippen molar-refractivity contribution in [1.82, 2.24) is 9.71 Å². The van der Waals surface area contributed by atoms with Gasteiger partial charge in [-0.25, -0.2) is 27.3 Å². The molecule has 0 fully saturated rings. The number of aromatic carboxylic acids is 1. The van der Waals surface area contributed by atoms with Gasteiger partial charge in [0.25, 0.3) is 10.0 Å². The number of rotatable bonds is 5. The smallest absolute Gasteiger partial charge is 0.337 e. The van der Waals surface area contributed by atoms with Crippen molar-refractivity contribution in [3.63, 3.8) is 0 Å². The molecule has 1 aromatic carbocycles. The van der Waals surface area contributed by atoms with Crippen LogP contribution in [0.1, 0.15) is 15.9 Å². The maximum absolute atomic E-state index is 13.0. The Morgan fingerprint density at radius 1 is 1.29 bits per heavy atom. The molecule has 0 aliphatic heterocycles. The first-order valence-electron chi connectivity index (χ1n) is 5.82. The lowest BCUT2D eigenvalue weighted by Crippen LogP contribution is -2.24. The van der Waals surface area contributed by atoms with E-state index in [-0.39, 0.29) is 17.1 Å². The third-order valence-corrected chi connectivity index (χ3v) is 3.93. The lowest BCUT2D eigenvalue weighted by atomic mass is 10.2. The number of hydrogen-bond donors (Lipinski definition) is 2. The molecule has 21 heavy (non-hydrogen) atoms. The summed E-state index contributed by atoms with van der Waals surface area (Å²) in [5.41, 5.74) is 0.347. The van der Waals surface area contributed by atoms with E-state index in [0.717, 1.165) is 18.3 Å². The number of nitrogens with one attached hydrogen (secondary N) is 1. The number of aromatic nitrogens is 1. The number of benzene rings is 1. The van der Waals surface area contributed by atoms with Crippen LogP contribution in [0.25, 0.3) is 0 Å². The quantitative estimate of drug-likeness (QED) is 0.870. The highest BCUT2D eigenvalue weighted by atomic mass is 32.2. The molecule has 0 unspecified atom stereocenters. The fraction of sp³-hybridized carbons (Fsp3) is 0.0769. The highest BCUT2D eigenvalue weighted by molar-refractivity contribution is 7.89. The fourth-order valence-electron chi connectivity index (χ4n) is 1.56. The summed E-state index contributed by atoms with van der Waals surface area (Å²) in [7, 11) is -3.89. The van der Waals surface area contributed by atoms with Gasteiger partial charge in [-0.1, -0.05) is 12.1 Å². The van der Waals surface area contributed by atoms with Crippen LogP contribution in [0, 0.1) is 5.82 Å². The molecule has 2 aromatic rings. The number of hydrogen-bond acceptors (Lipinski definition) is 4. The number of carboxylic acids is 1. The molecule has 6 nitrogen and oxygen atoms in total. The molecule has 0 saturated carbocycles. The van der Waals surface area contributed by atoms with E-state index in [9.17, 15) is 17.6 Å². The maximum atomic E-state index is 13.0. The molecule has 0 spiro atoms. The molecule has 2 N–H and O–H groups in total. The zero-order chi connectivity index (χ0) is 15.5. The van der Waals surface area contributed by atoms with E-state index in [2.05, 4.69) is 9.71 Å². The van der Waals surface area contributed by atoms with Crippen LogP contribution in [0.4, 0.5) is 4.39 Å². The van der Waals surface area contributed by atoms with E-state index in [0.29, 0.717) is 5.56 Å². The number of carbonyl (C=O) groups is 1. The van der Waals surface area contributed by atoms with Crippen LogP contribution >= 0.6 is 0 Å². The molecule has 1 aromatic heterocycles. The minimum absolute atomic E-state index is 0.0948. The molecule has 8 heteroatoms. The van der Waals surface area contributed by atoms with E-state index in [1.54, 1.807) is 6.07 Å². The van der Waals surface area contributed by atoms with E-state index in [4.69, 9.17) is 5.11 Å². The van der Waals surface area contributed by atoms with Gasteiger partial charge in [-0.05, 0) is 29.8 Å². The molecular formula is C13H11FN2O4S. The normalized spacial score (nSPS) is 11.3. The Kier molecular flexibility index (Phi) is 4.29. The Hall–Kier alpha value is -2.32. The molecule has 0 aliphatic carbocycles. The molecular weight excluding hydrogens is 299 g/mol. The van der Waals surface area contributed by atoms with Gasteiger partial charge in [-0.15, -0.1) is 0 Å². The first-order valence-corrected chi connectivity index (χ1v) is 7.30. The zero-order valence-electron chi connectivity index (χ0n) is 10.7. The van der Waals surface area contributed by atoms with Crippen molar-refractivity contribution < 1.29 is 22.7 Å². The summed E-state index contributed by atoms with van der Waals surface area (Å²) in [5, 5.41) is 8.41. The molecule has 0 radical (unpaired) electrons. The van der Waals surface area contributed by atoms with E-state index >= 15 is 0 Å². The van der Waals surface area contributed by atoms with Gasteiger partial charge in [-0.2, -0.15) is 0 Å². The molecule has 0 bridgehead atoms. The average Bonchev–Trinajstić information content (AvgIpc) is 2.45. The number of carboxylic acid groups (broad SMARTS) is 1. The topological polar surface area (TPSA) is 96.4 Å². The largest absolute Gasteiger partial charge is 0.478 e. The Labute approximate surface area is 120 Å². The minimum atomic E-state index is -3.89. The molecule has 2 rings (SSSR count).